The standard InChI is InChI=1S/C16H25N3O/c1-13-5-2-3-7-15(13)18-16(20)12-19-10-4-6-14(11-19)8-9-17/h2-3,5,7,14H,4,6,8-12,17H2,1H3,(H,18,20). The predicted octanol–water partition coefficient (Wildman–Crippen LogP) is 1.99. The summed E-state index contributed by atoms with van der Waals surface area (Å²) in [5, 5.41) is 3.00. The van der Waals surface area contributed by atoms with E-state index in [9.17, 15) is 4.79 Å². The first-order valence-corrected chi connectivity index (χ1v) is 7.47. The van der Waals surface area contributed by atoms with E-state index in [4.69, 9.17) is 5.73 Å². The summed E-state index contributed by atoms with van der Waals surface area (Å²) in [5.74, 6) is 0.729. The number of hydrogen-bond donors (Lipinski definition) is 2. The number of para-hydroxylation sites is 1. The molecule has 1 heterocycles. The lowest BCUT2D eigenvalue weighted by Crippen LogP contribution is -2.41. The van der Waals surface area contributed by atoms with Crippen LogP contribution in [0.5, 0.6) is 0 Å². The summed E-state index contributed by atoms with van der Waals surface area (Å²) in [7, 11) is 0. The zero-order chi connectivity index (χ0) is 14.4. The molecule has 1 aliphatic heterocycles. The number of anilines is 1. The van der Waals surface area contributed by atoms with Gasteiger partial charge in [-0.05, 0) is 56.8 Å². The highest BCUT2D eigenvalue weighted by atomic mass is 16.2. The smallest absolute Gasteiger partial charge is 0.238 e. The van der Waals surface area contributed by atoms with Gasteiger partial charge in [0.15, 0.2) is 0 Å². The van der Waals surface area contributed by atoms with Gasteiger partial charge in [-0.25, -0.2) is 0 Å². The molecule has 0 radical (unpaired) electrons. The minimum atomic E-state index is 0.0766. The molecule has 4 heteroatoms. The van der Waals surface area contributed by atoms with E-state index in [1.807, 2.05) is 31.2 Å². The number of piperidine rings is 1. The Morgan fingerprint density at radius 1 is 1.45 bits per heavy atom. The Kier molecular flexibility index (Phi) is 5.56. The highest BCUT2D eigenvalue weighted by Gasteiger charge is 2.21. The first kappa shape index (κ1) is 15.0. The van der Waals surface area contributed by atoms with Gasteiger partial charge in [0, 0.05) is 12.2 Å². The van der Waals surface area contributed by atoms with Gasteiger partial charge in [0.1, 0.15) is 0 Å². The molecule has 1 aliphatic rings. The zero-order valence-corrected chi connectivity index (χ0v) is 12.3. The third-order valence-corrected chi connectivity index (χ3v) is 3.96. The van der Waals surface area contributed by atoms with Crippen molar-refractivity contribution in [3.63, 3.8) is 0 Å². The van der Waals surface area contributed by atoms with Gasteiger partial charge in [-0.1, -0.05) is 18.2 Å². The van der Waals surface area contributed by atoms with E-state index in [1.165, 1.54) is 12.8 Å². The maximum absolute atomic E-state index is 12.1. The number of nitrogens with one attached hydrogen (secondary N) is 1. The molecule has 3 N–H and O–H groups in total. The van der Waals surface area contributed by atoms with E-state index < -0.39 is 0 Å². The third kappa shape index (κ3) is 4.32. The Morgan fingerprint density at radius 3 is 3.00 bits per heavy atom. The van der Waals surface area contributed by atoms with Crippen LogP contribution in [0.1, 0.15) is 24.8 Å². The monoisotopic (exact) mass is 275 g/mol. The quantitative estimate of drug-likeness (QED) is 0.864. The Bertz CT molecular complexity index is 445. The van der Waals surface area contributed by atoms with Crippen LogP contribution in [0.3, 0.4) is 0 Å². The first-order valence-electron chi connectivity index (χ1n) is 7.47. The number of carbonyl (C=O) groups is 1. The second-order valence-electron chi connectivity index (χ2n) is 5.68. The van der Waals surface area contributed by atoms with Crippen LogP contribution in [-0.2, 0) is 4.79 Å². The lowest BCUT2D eigenvalue weighted by molar-refractivity contribution is -0.117. The Morgan fingerprint density at radius 2 is 2.25 bits per heavy atom. The third-order valence-electron chi connectivity index (χ3n) is 3.96. The maximum Gasteiger partial charge on any atom is 0.238 e. The van der Waals surface area contributed by atoms with Crippen molar-refractivity contribution in [2.45, 2.75) is 26.2 Å². The van der Waals surface area contributed by atoms with E-state index >= 15 is 0 Å². The highest BCUT2D eigenvalue weighted by molar-refractivity contribution is 5.92. The van der Waals surface area contributed by atoms with E-state index in [0.717, 1.165) is 37.3 Å². The molecule has 1 amide bonds. The molecule has 1 unspecified atom stereocenters. The normalized spacial score (nSPS) is 19.8. The van der Waals surface area contributed by atoms with Crippen LogP contribution < -0.4 is 11.1 Å². The molecule has 1 fully saturated rings. The average Bonchev–Trinajstić information content (AvgIpc) is 2.42. The molecular formula is C16H25N3O. The summed E-state index contributed by atoms with van der Waals surface area (Å²) in [6, 6.07) is 7.88. The molecule has 1 aromatic carbocycles. The first-order chi connectivity index (χ1) is 9.69. The second-order valence-corrected chi connectivity index (χ2v) is 5.68. The molecule has 20 heavy (non-hydrogen) atoms. The van der Waals surface area contributed by atoms with Gasteiger partial charge < -0.3 is 11.1 Å². The fourth-order valence-electron chi connectivity index (χ4n) is 2.87. The van der Waals surface area contributed by atoms with E-state index in [1.54, 1.807) is 0 Å². The number of carbonyl (C=O) groups excluding carboxylic acids is 1. The molecule has 110 valence electrons. The van der Waals surface area contributed by atoms with Crippen LogP contribution in [0.4, 0.5) is 5.69 Å². The lowest BCUT2D eigenvalue weighted by Gasteiger charge is -2.32. The van der Waals surface area contributed by atoms with Crippen molar-refractivity contribution in [2.75, 3.05) is 31.5 Å². The van der Waals surface area contributed by atoms with E-state index in [-0.39, 0.29) is 5.91 Å². The number of likely N-dealkylation sites (tertiary alicyclic amines) is 1. The van der Waals surface area contributed by atoms with Gasteiger partial charge in [-0.2, -0.15) is 0 Å². The van der Waals surface area contributed by atoms with Crippen molar-refractivity contribution < 1.29 is 4.79 Å². The second kappa shape index (κ2) is 7.41. The molecule has 4 nitrogen and oxygen atoms in total. The molecule has 1 aromatic rings. The van der Waals surface area contributed by atoms with Crippen molar-refractivity contribution in [2.24, 2.45) is 11.7 Å². The van der Waals surface area contributed by atoms with Gasteiger partial charge in [-0.3, -0.25) is 9.69 Å². The zero-order valence-electron chi connectivity index (χ0n) is 12.3. The summed E-state index contributed by atoms with van der Waals surface area (Å²) >= 11 is 0. The van der Waals surface area contributed by atoms with Gasteiger partial charge in [0.05, 0.1) is 6.54 Å². The number of aryl methyl sites for hydroxylation is 1. The lowest BCUT2D eigenvalue weighted by atomic mass is 9.95. The summed E-state index contributed by atoms with van der Waals surface area (Å²) in [6.45, 7) is 5.25. The summed E-state index contributed by atoms with van der Waals surface area (Å²) in [5.41, 5.74) is 7.63. The fraction of sp³-hybridized carbons (Fsp3) is 0.562. The average molecular weight is 275 g/mol. The van der Waals surface area contributed by atoms with Gasteiger partial charge >= 0.3 is 0 Å². The van der Waals surface area contributed by atoms with Crippen LogP contribution in [0, 0.1) is 12.8 Å². The summed E-state index contributed by atoms with van der Waals surface area (Å²) in [4.78, 5) is 14.4. The Hall–Kier alpha value is -1.39. The molecule has 2 rings (SSSR count). The van der Waals surface area contributed by atoms with Gasteiger partial charge in [0.2, 0.25) is 5.91 Å². The molecule has 0 bridgehead atoms. The molecule has 0 aliphatic carbocycles. The summed E-state index contributed by atoms with van der Waals surface area (Å²) < 4.78 is 0. The number of benzene rings is 1. The van der Waals surface area contributed by atoms with Gasteiger partial charge in [0.25, 0.3) is 0 Å². The minimum Gasteiger partial charge on any atom is -0.330 e. The number of nitrogens with two attached hydrogens (primary N) is 1. The number of hydrogen-bond acceptors (Lipinski definition) is 3. The van der Waals surface area contributed by atoms with Crippen molar-refractivity contribution in [1.82, 2.24) is 4.90 Å². The molecule has 1 atom stereocenters. The number of nitrogens with zero attached hydrogens (tertiary/aromatic N) is 1. The molecule has 1 saturated heterocycles. The topological polar surface area (TPSA) is 58.4 Å². The van der Waals surface area contributed by atoms with Crippen LogP contribution in [0.25, 0.3) is 0 Å². The Labute approximate surface area is 121 Å². The van der Waals surface area contributed by atoms with Gasteiger partial charge in [-0.15, -0.1) is 0 Å². The van der Waals surface area contributed by atoms with Crippen LogP contribution in [0.2, 0.25) is 0 Å². The highest BCUT2D eigenvalue weighted by Crippen LogP contribution is 2.19. The van der Waals surface area contributed by atoms with Crippen molar-refractivity contribution >= 4 is 11.6 Å². The SMILES string of the molecule is Cc1ccccc1NC(=O)CN1CCCC(CCN)C1. The molecule has 0 aromatic heterocycles. The van der Waals surface area contributed by atoms with Crippen LogP contribution >= 0.6 is 0 Å². The van der Waals surface area contributed by atoms with Crippen molar-refractivity contribution in [3.8, 4) is 0 Å². The Balaban J connectivity index is 1.84. The predicted molar refractivity (Wildman–Crippen MR) is 82.6 cm³/mol. The maximum atomic E-state index is 12.1. The van der Waals surface area contributed by atoms with Crippen molar-refractivity contribution in [1.29, 1.82) is 0 Å². The summed E-state index contributed by atoms with van der Waals surface area (Å²) in [6.07, 6.45) is 3.48. The largest absolute Gasteiger partial charge is 0.330 e. The van der Waals surface area contributed by atoms with Crippen LogP contribution in [0.15, 0.2) is 24.3 Å². The van der Waals surface area contributed by atoms with E-state index in [2.05, 4.69) is 10.2 Å². The molecule has 0 spiro atoms. The number of amides is 1. The van der Waals surface area contributed by atoms with Crippen LogP contribution in [-0.4, -0.2) is 37.0 Å². The molecular weight excluding hydrogens is 250 g/mol. The molecule has 0 saturated carbocycles. The number of rotatable bonds is 5. The van der Waals surface area contributed by atoms with E-state index in [0.29, 0.717) is 12.5 Å². The minimum absolute atomic E-state index is 0.0766. The fourth-order valence-corrected chi connectivity index (χ4v) is 2.87. The van der Waals surface area contributed by atoms with Crippen molar-refractivity contribution in [3.05, 3.63) is 29.8 Å².